The second-order valence-corrected chi connectivity index (χ2v) is 9.87. The van der Waals surface area contributed by atoms with E-state index >= 15 is 0 Å². The van der Waals surface area contributed by atoms with E-state index in [0.717, 1.165) is 0 Å². The van der Waals surface area contributed by atoms with Gasteiger partial charge in [-0.1, -0.05) is 0 Å². The molecule has 1 saturated carbocycles. The minimum atomic E-state index is -4.39. The van der Waals surface area contributed by atoms with E-state index in [2.05, 4.69) is 9.97 Å². The molecule has 2 aromatic heterocycles. The van der Waals surface area contributed by atoms with Crippen molar-refractivity contribution >= 4 is 30.2 Å². The van der Waals surface area contributed by atoms with Crippen molar-refractivity contribution in [2.24, 2.45) is 5.92 Å². The fourth-order valence-electron chi connectivity index (χ4n) is 4.01. The lowest BCUT2D eigenvalue weighted by Gasteiger charge is -2.34. The van der Waals surface area contributed by atoms with Crippen LogP contribution in [0.3, 0.4) is 0 Å². The Hall–Kier alpha value is -1.24. The van der Waals surface area contributed by atoms with Crippen LogP contribution in [0.5, 0.6) is 0 Å². The van der Waals surface area contributed by atoms with Gasteiger partial charge in [-0.15, -0.1) is 0 Å². The number of halogens is 3. The van der Waals surface area contributed by atoms with E-state index in [-0.39, 0.29) is 30.7 Å². The Kier molecular flexibility index (Phi) is 6.12. The number of rotatable bonds is 7. The molecule has 1 saturated heterocycles. The molecule has 0 bridgehead atoms. The second-order valence-electron chi connectivity index (χ2n) is 7.94. The third-order valence-electron chi connectivity index (χ3n) is 5.43. The van der Waals surface area contributed by atoms with Crippen LogP contribution in [-0.4, -0.2) is 71.7 Å². The highest BCUT2D eigenvalue weighted by Gasteiger charge is 2.46. The number of ether oxygens (including phenoxy) is 2. The lowest BCUT2D eigenvalue weighted by atomic mass is 9.78. The number of hydrogen-bond donors (Lipinski definition) is 4. The van der Waals surface area contributed by atoms with Gasteiger partial charge in [-0.3, -0.25) is 4.57 Å². The van der Waals surface area contributed by atoms with Crippen LogP contribution in [0.2, 0.25) is 5.28 Å². The summed E-state index contributed by atoms with van der Waals surface area (Å²) in [5, 5.41) is 21.2. The molecule has 2 aliphatic rings. The molecule has 4 atom stereocenters. The van der Waals surface area contributed by atoms with Crippen LogP contribution in [0, 0.1) is 5.92 Å². The lowest BCUT2D eigenvalue weighted by molar-refractivity contribution is -0.109. The fraction of sp³-hybridized carbons (Fsp3) is 0.647. The molecule has 0 unspecified atom stereocenters. The summed E-state index contributed by atoms with van der Waals surface area (Å²) in [5.74, 6) is -2.88. The lowest BCUT2D eigenvalue weighted by Crippen LogP contribution is -2.36. The highest BCUT2D eigenvalue weighted by atomic mass is 35.5. The predicted molar refractivity (Wildman–Crippen MR) is 103 cm³/mol. The molecule has 2 fully saturated rings. The summed E-state index contributed by atoms with van der Waals surface area (Å²) in [6.07, 6.45) is -4.33. The number of fused-ring (bicyclic) bond motifs is 1. The molecule has 0 spiro atoms. The molecule has 0 radical (unpaired) electrons. The third-order valence-corrected chi connectivity index (χ3v) is 6.12. The van der Waals surface area contributed by atoms with Gasteiger partial charge in [0.25, 0.3) is 0 Å². The smallest absolute Gasteiger partial charge is 0.350 e. The summed E-state index contributed by atoms with van der Waals surface area (Å²) in [6.45, 7) is -0.351. The molecule has 4 rings (SSSR count). The number of aromatic nitrogens is 3. The van der Waals surface area contributed by atoms with Crippen molar-refractivity contribution in [1.29, 1.82) is 0 Å². The van der Waals surface area contributed by atoms with E-state index in [4.69, 9.17) is 30.9 Å². The largest absolute Gasteiger partial charge is 0.387 e. The highest BCUT2D eigenvalue weighted by Crippen LogP contribution is 2.44. The molecule has 2 aromatic rings. The first-order chi connectivity index (χ1) is 14.4. The third kappa shape index (κ3) is 4.91. The van der Waals surface area contributed by atoms with Crippen LogP contribution in [0.1, 0.15) is 24.8 Å². The van der Waals surface area contributed by atoms with Gasteiger partial charge in [0.05, 0.1) is 12.3 Å². The molecular formula is C17H21ClF2N3O7P. The molecule has 10 nitrogen and oxygen atoms in total. The van der Waals surface area contributed by atoms with Gasteiger partial charge in [-0.05, 0) is 30.0 Å². The molecule has 172 valence electrons. The Labute approximate surface area is 179 Å². The van der Waals surface area contributed by atoms with Crippen molar-refractivity contribution in [2.75, 3.05) is 13.0 Å². The molecule has 3 heterocycles. The Bertz CT molecular complexity index is 1010. The summed E-state index contributed by atoms with van der Waals surface area (Å²) in [4.78, 5) is 26.0. The van der Waals surface area contributed by atoms with Gasteiger partial charge in [-0.25, -0.2) is 13.8 Å². The zero-order valence-corrected chi connectivity index (χ0v) is 17.7. The zero-order chi connectivity index (χ0) is 22.6. The minimum Gasteiger partial charge on any atom is -0.387 e. The van der Waals surface area contributed by atoms with E-state index in [1.54, 1.807) is 12.3 Å². The fourth-order valence-corrected chi connectivity index (χ4v) is 4.54. The number of nitrogens with zero attached hydrogens (tertiary/aromatic N) is 3. The Morgan fingerprint density at radius 2 is 2.00 bits per heavy atom. The molecule has 0 aromatic carbocycles. The van der Waals surface area contributed by atoms with Gasteiger partial charge in [0, 0.05) is 24.4 Å². The summed E-state index contributed by atoms with van der Waals surface area (Å²) < 4.78 is 49.2. The first-order valence-corrected chi connectivity index (χ1v) is 11.7. The molecule has 0 amide bonds. The van der Waals surface area contributed by atoms with E-state index in [9.17, 15) is 23.6 Å². The summed E-state index contributed by atoms with van der Waals surface area (Å²) in [5.41, 5.74) is 0.804. The Morgan fingerprint density at radius 1 is 1.29 bits per heavy atom. The molecule has 31 heavy (non-hydrogen) atoms. The molecule has 1 aliphatic heterocycles. The summed E-state index contributed by atoms with van der Waals surface area (Å²) >= 11 is 6.03. The van der Waals surface area contributed by atoms with Crippen molar-refractivity contribution in [3.63, 3.8) is 0 Å². The van der Waals surface area contributed by atoms with Gasteiger partial charge in [-0.2, -0.15) is 4.98 Å². The van der Waals surface area contributed by atoms with Crippen molar-refractivity contribution < 1.29 is 42.8 Å². The number of alkyl halides is 2. The SMILES string of the molecule is O=P(O)(O)COC[C@H]1O[C@@H](n2ccc3c(CC4CC(F)(F)C4)nc(Cl)nc32)[C@H](O)[C@@H]1O. The Morgan fingerprint density at radius 3 is 2.65 bits per heavy atom. The van der Waals surface area contributed by atoms with Gasteiger partial charge in [0.1, 0.15) is 30.3 Å². The topological polar surface area (TPSA) is 147 Å². The first-order valence-electron chi connectivity index (χ1n) is 9.48. The van der Waals surface area contributed by atoms with Gasteiger partial charge in [0.15, 0.2) is 6.23 Å². The maximum atomic E-state index is 13.2. The maximum Gasteiger partial charge on any atom is 0.350 e. The number of aliphatic hydroxyl groups is 2. The number of aliphatic hydroxyl groups excluding tert-OH is 2. The van der Waals surface area contributed by atoms with Gasteiger partial charge < -0.3 is 34.0 Å². The Balaban J connectivity index is 1.53. The average Bonchev–Trinajstić information content (AvgIpc) is 3.15. The van der Waals surface area contributed by atoms with Crippen LogP contribution >= 0.6 is 19.2 Å². The monoisotopic (exact) mass is 483 g/mol. The van der Waals surface area contributed by atoms with Crippen molar-refractivity contribution in [3.8, 4) is 0 Å². The zero-order valence-electron chi connectivity index (χ0n) is 16.0. The van der Waals surface area contributed by atoms with E-state index in [1.165, 1.54) is 4.57 Å². The second kappa shape index (κ2) is 8.27. The first kappa shape index (κ1) is 22.9. The molecule has 4 N–H and O–H groups in total. The standard InChI is InChI=1S/C17H21ClF2N3O7P/c18-16-21-10(3-8-4-17(19,20)5-8)9-1-2-23(14(9)22-16)15-13(25)12(24)11(30-15)6-29-7-31(26,27)28/h1-2,8,11-13,15,24-25H,3-7H2,(H2,26,27,28)/t11-,12-,13-,15-/m1/s1. The van der Waals surface area contributed by atoms with E-state index < -0.39 is 44.4 Å². The van der Waals surface area contributed by atoms with Crippen molar-refractivity contribution in [2.45, 2.75) is 49.7 Å². The van der Waals surface area contributed by atoms with Gasteiger partial charge in [0.2, 0.25) is 11.2 Å². The summed E-state index contributed by atoms with van der Waals surface area (Å²) in [7, 11) is -4.39. The van der Waals surface area contributed by atoms with E-state index in [0.29, 0.717) is 23.1 Å². The average molecular weight is 484 g/mol. The highest BCUT2D eigenvalue weighted by molar-refractivity contribution is 7.51. The quantitative estimate of drug-likeness (QED) is 0.339. The summed E-state index contributed by atoms with van der Waals surface area (Å²) in [6, 6.07) is 1.65. The van der Waals surface area contributed by atoms with Gasteiger partial charge >= 0.3 is 7.60 Å². The maximum absolute atomic E-state index is 13.2. The molecule has 14 heteroatoms. The van der Waals surface area contributed by atoms with Crippen molar-refractivity contribution in [3.05, 3.63) is 23.2 Å². The number of hydrogen-bond acceptors (Lipinski definition) is 7. The van der Waals surface area contributed by atoms with Crippen LogP contribution in [0.4, 0.5) is 8.78 Å². The molecular weight excluding hydrogens is 463 g/mol. The van der Waals surface area contributed by atoms with Crippen LogP contribution in [-0.2, 0) is 20.5 Å². The predicted octanol–water partition coefficient (Wildman–Crippen LogP) is 1.44. The normalized spacial score (nSPS) is 28.9. The van der Waals surface area contributed by atoms with Crippen LogP contribution < -0.4 is 0 Å². The van der Waals surface area contributed by atoms with E-state index in [1.807, 2.05) is 0 Å². The van der Waals surface area contributed by atoms with Crippen LogP contribution in [0.15, 0.2) is 12.3 Å². The molecule has 1 aliphatic carbocycles. The minimum absolute atomic E-state index is 0.0944. The van der Waals surface area contributed by atoms with Crippen LogP contribution in [0.25, 0.3) is 11.0 Å². The van der Waals surface area contributed by atoms with Crippen molar-refractivity contribution in [1.82, 2.24) is 14.5 Å².